The van der Waals surface area contributed by atoms with E-state index < -0.39 is 11.4 Å². The minimum atomic E-state index is -0.589. The molecule has 0 bridgehead atoms. The van der Waals surface area contributed by atoms with E-state index in [9.17, 15) is 9.18 Å². The first-order valence-electron chi connectivity index (χ1n) is 5.67. The number of carbonyl (C=O) groups excluding carboxylic acids is 1. The molecule has 0 aliphatic rings. The van der Waals surface area contributed by atoms with E-state index in [1.807, 2.05) is 19.2 Å². The van der Waals surface area contributed by atoms with Gasteiger partial charge in [0.05, 0.1) is 11.2 Å². The van der Waals surface area contributed by atoms with Gasteiger partial charge in [-0.3, -0.25) is 4.79 Å². The van der Waals surface area contributed by atoms with Gasteiger partial charge in [0.25, 0.3) is 5.91 Å². The predicted molar refractivity (Wildman–Crippen MR) is 73.4 cm³/mol. The Bertz CT molecular complexity index is 596. The Kier molecular flexibility index (Phi) is 3.53. The van der Waals surface area contributed by atoms with E-state index in [1.54, 1.807) is 6.20 Å². The number of nitrogens with zero attached hydrogens (tertiary/aromatic N) is 1. The van der Waals surface area contributed by atoms with Crippen molar-refractivity contribution in [2.24, 2.45) is 0 Å². The molecule has 1 amide bonds. The van der Waals surface area contributed by atoms with Crippen LogP contribution in [0.5, 0.6) is 0 Å². The van der Waals surface area contributed by atoms with Crippen molar-refractivity contribution in [1.82, 2.24) is 10.3 Å². The van der Waals surface area contributed by atoms with Crippen molar-refractivity contribution in [2.45, 2.75) is 19.4 Å². The maximum atomic E-state index is 13.1. The fourth-order valence-electron chi connectivity index (χ4n) is 1.63. The van der Waals surface area contributed by atoms with Crippen LogP contribution in [0.15, 0.2) is 29.8 Å². The molecule has 0 spiro atoms. The Morgan fingerprint density at radius 2 is 2.21 bits per heavy atom. The summed E-state index contributed by atoms with van der Waals surface area (Å²) in [6, 6.07) is 3.90. The molecule has 0 aliphatic heterocycles. The number of thiazole rings is 1. The van der Waals surface area contributed by atoms with E-state index in [2.05, 4.69) is 10.3 Å². The van der Waals surface area contributed by atoms with Crippen LogP contribution in [-0.2, 0) is 5.54 Å². The van der Waals surface area contributed by atoms with Crippen molar-refractivity contribution in [3.63, 3.8) is 0 Å². The highest BCUT2D eigenvalue weighted by Gasteiger charge is 2.26. The number of carbonyl (C=O) groups is 1. The molecule has 100 valence electrons. The SMILES string of the molecule is CC(C)(NC(=O)c1ccc(F)c(N)c1)c1nccs1. The number of anilines is 1. The normalized spacial score (nSPS) is 11.3. The Morgan fingerprint density at radius 1 is 1.47 bits per heavy atom. The van der Waals surface area contributed by atoms with Crippen LogP contribution in [0.25, 0.3) is 0 Å². The summed E-state index contributed by atoms with van der Waals surface area (Å²) in [5.41, 5.74) is 5.14. The van der Waals surface area contributed by atoms with Crippen molar-refractivity contribution < 1.29 is 9.18 Å². The number of amides is 1. The van der Waals surface area contributed by atoms with Gasteiger partial charge in [0.1, 0.15) is 10.8 Å². The van der Waals surface area contributed by atoms with E-state index in [0.29, 0.717) is 5.56 Å². The second kappa shape index (κ2) is 4.97. The minimum absolute atomic E-state index is 0.0419. The van der Waals surface area contributed by atoms with Crippen LogP contribution in [0.2, 0.25) is 0 Å². The summed E-state index contributed by atoms with van der Waals surface area (Å²) < 4.78 is 13.1. The summed E-state index contributed by atoms with van der Waals surface area (Å²) >= 11 is 1.46. The third-order valence-corrected chi connectivity index (χ3v) is 3.75. The minimum Gasteiger partial charge on any atom is -0.396 e. The Hall–Kier alpha value is -1.95. The van der Waals surface area contributed by atoms with Crippen molar-refractivity contribution in [1.29, 1.82) is 0 Å². The van der Waals surface area contributed by atoms with Crippen molar-refractivity contribution in [2.75, 3.05) is 5.73 Å². The van der Waals surface area contributed by atoms with Crippen molar-refractivity contribution in [3.8, 4) is 0 Å². The molecule has 19 heavy (non-hydrogen) atoms. The molecule has 1 aromatic heterocycles. The molecule has 4 nitrogen and oxygen atoms in total. The number of aromatic nitrogens is 1. The molecule has 0 saturated heterocycles. The third kappa shape index (κ3) is 2.90. The number of nitrogens with two attached hydrogens (primary N) is 1. The van der Waals surface area contributed by atoms with E-state index in [4.69, 9.17) is 5.73 Å². The fraction of sp³-hybridized carbons (Fsp3) is 0.231. The molecule has 1 heterocycles. The van der Waals surface area contributed by atoms with Crippen LogP contribution in [0.4, 0.5) is 10.1 Å². The topological polar surface area (TPSA) is 68.0 Å². The fourth-order valence-corrected chi connectivity index (χ4v) is 2.34. The van der Waals surface area contributed by atoms with Crippen LogP contribution < -0.4 is 11.1 Å². The third-order valence-electron chi connectivity index (χ3n) is 2.65. The van der Waals surface area contributed by atoms with Crippen LogP contribution in [0.1, 0.15) is 29.2 Å². The zero-order valence-corrected chi connectivity index (χ0v) is 11.4. The Labute approximate surface area is 114 Å². The Morgan fingerprint density at radius 3 is 2.79 bits per heavy atom. The van der Waals surface area contributed by atoms with Gasteiger partial charge in [0, 0.05) is 17.1 Å². The van der Waals surface area contributed by atoms with E-state index in [1.165, 1.54) is 29.5 Å². The first-order chi connectivity index (χ1) is 8.90. The average molecular weight is 279 g/mol. The van der Waals surface area contributed by atoms with Gasteiger partial charge in [-0.1, -0.05) is 0 Å². The van der Waals surface area contributed by atoms with E-state index in [0.717, 1.165) is 5.01 Å². The second-order valence-corrected chi connectivity index (χ2v) is 5.55. The number of rotatable bonds is 3. The number of halogens is 1. The lowest BCUT2D eigenvalue weighted by atomic mass is 10.1. The largest absolute Gasteiger partial charge is 0.396 e. The first kappa shape index (κ1) is 13.5. The van der Waals surface area contributed by atoms with E-state index in [-0.39, 0.29) is 11.6 Å². The van der Waals surface area contributed by atoms with Gasteiger partial charge in [0.2, 0.25) is 0 Å². The van der Waals surface area contributed by atoms with E-state index >= 15 is 0 Å². The summed E-state index contributed by atoms with van der Waals surface area (Å²) in [5.74, 6) is -0.845. The molecule has 0 fully saturated rings. The van der Waals surface area contributed by atoms with Gasteiger partial charge in [-0.2, -0.15) is 0 Å². The highest BCUT2D eigenvalue weighted by Crippen LogP contribution is 2.23. The molecule has 0 unspecified atom stereocenters. The van der Waals surface area contributed by atoms with Gasteiger partial charge in [-0.15, -0.1) is 11.3 Å². The number of benzene rings is 1. The number of nitrogen functional groups attached to an aromatic ring is 1. The summed E-state index contributed by atoms with van der Waals surface area (Å²) in [5, 5.41) is 5.50. The zero-order valence-electron chi connectivity index (χ0n) is 10.6. The highest BCUT2D eigenvalue weighted by molar-refractivity contribution is 7.09. The Balaban J connectivity index is 2.19. The van der Waals surface area contributed by atoms with Gasteiger partial charge in [0.15, 0.2) is 0 Å². The number of hydrogen-bond acceptors (Lipinski definition) is 4. The maximum Gasteiger partial charge on any atom is 0.252 e. The lowest BCUT2D eigenvalue weighted by Crippen LogP contribution is -2.40. The van der Waals surface area contributed by atoms with Crippen LogP contribution in [0.3, 0.4) is 0 Å². The lowest BCUT2D eigenvalue weighted by Gasteiger charge is -2.23. The average Bonchev–Trinajstić information content (AvgIpc) is 2.86. The van der Waals surface area contributed by atoms with Gasteiger partial charge >= 0.3 is 0 Å². The molecular weight excluding hydrogens is 265 g/mol. The lowest BCUT2D eigenvalue weighted by molar-refractivity contribution is 0.0912. The summed E-state index contributed by atoms with van der Waals surface area (Å²) in [6.45, 7) is 3.72. The molecule has 0 radical (unpaired) electrons. The van der Waals surface area contributed by atoms with Gasteiger partial charge < -0.3 is 11.1 Å². The predicted octanol–water partition coefficient (Wildman–Crippen LogP) is 2.53. The van der Waals surface area contributed by atoms with Crippen molar-refractivity contribution in [3.05, 3.63) is 46.2 Å². The maximum absolute atomic E-state index is 13.1. The molecule has 3 N–H and O–H groups in total. The molecule has 6 heteroatoms. The van der Waals surface area contributed by atoms with Crippen LogP contribution in [-0.4, -0.2) is 10.9 Å². The number of hydrogen-bond donors (Lipinski definition) is 2. The van der Waals surface area contributed by atoms with Crippen molar-refractivity contribution >= 4 is 22.9 Å². The van der Waals surface area contributed by atoms with Gasteiger partial charge in [-0.05, 0) is 32.0 Å². The monoisotopic (exact) mass is 279 g/mol. The quantitative estimate of drug-likeness (QED) is 0.848. The molecule has 1 aromatic carbocycles. The standard InChI is InChI=1S/C13H14FN3OS/c1-13(2,12-16-5-6-19-12)17-11(18)8-3-4-9(14)10(15)7-8/h3-7H,15H2,1-2H3,(H,17,18). The van der Waals surface area contributed by atoms with Crippen LogP contribution >= 0.6 is 11.3 Å². The molecule has 0 atom stereocenters. The second-order valence-electron chi connectivity index (χ2n) is 4.65. The molecule has 2 aromatic rings. The molecule has 2 rings (SSSR count). The highest BCUT2D eigenvalue weighted by atomic mass is 32.1. The zero-order chi connectivity index (χ0) is 14.0. The van der Waals surface area contributed by atoms with Gasteiger partial charge in [-0.25, -0.2) is 9.37 Å². The molecular formula is C13H14FN3OS. The number of nitrogens with one attached hydrogen (secondary N) is 1. The molecule has 0 aliphatic carbocycles. The first-order valence-corrected chi connectivity index (χ1v) is 6.55. The summed E-state index contributed by atoms with van der Waals surface area (Å²) in [7, 11) is 0. The van der Waals surface area contributed by atoms with Crippen LogP contribution in [0, 0.1) is 5.82 Å². The summed E-state index contributed by atoms with van der Waals surface area (Å²) in [4.78, 5) is 16.3. The smallest absolute Gasteiger partial charge is 0.252 e. The summed E-state index contributed by atoms with van der Waals surface area (Å²) in [6.07, 6.45) is 1.68. The molecule has 0 saturated carbocycles.